The first-order chi connectivity index (χ1) is 8.08. The molecule has 0 aliphatic rings. The van der Waals surface area contributed by atoms with E-state index in [2.05, 4.69) is 15.3 Å². The van der Waals surface area contributed by atoms with Gasteiger partial charge in [-0.3, -0.25) is 0 Å². The number of hydrogen-bond acceptors (Lipinski definition) is 3. The molecule has 0 saturated heterocycles. The molecule has 0 fully saturated rings. The van der Waals surface area contributed by atoms with Crippen LogP contribution in [0.3, 0.4) is 0 Å². The van der Waals surface area contributed by atoms with Gasteiger partial charge in [-0.1, -0.05) is 23.2 Å². The second-order valence-corrected chi connectivity index (χ2v) is 4.54. The number of anilines is 1. The summed E-state index contributed by atoms with van der Waals surface area (Å²) >= 11 is 11.9. The minimum atomic E-state index is 0.535. The third-order valence-electron chi connectivity index (χ3n) is 2.42. The zero-order valence-electron chi connectivity index (χ0n) is 9.54. The summed E-state index contributed by atoms with van der Waals surface area (Å²) in [4.78, 5) is 8.31. The summed E-state index contributed by atoms with van der Waals surface area (Å²) in [6.45, 7) is 2.52. The predicted molar refractivity (Wildman–Crippen MR) is 69.5 cm³/mol. The monoisotopic (exact) mass is 270 g/mol. The van der Waals surface area contributed by atoms with Crippen LogP contribution in [-0.4, -0.2) is 14.5 Å². The van der Waals surface area contributed by atoms with Crippen molar-refractivity contribution in [1.82, 2.24) is 14.5 Å². The first-order valence-corrected chi connectivity index (χ1v) is 5.85. The predicted octanol–water partition coefficient (Wildman–Crippen LogP) is 3.04. The molecule has 0 atom stereocenters. The van der Waals surface area contributed by atoms with Crippen LogP contribution in [0.2, 0.25) is 10.2 Å². The third kappa shape index (κ3) is 2.70. The molecule has 2 rings (SSSR count). The van der Waals surface area contributed by atoms with Gasteiger partial charge in [0.25, 0.3) is 0 Å². The number of aryl methyl sites for hydroxylation is 1. The van der Waals surface area contributed by atoms with Crippen LogP contribution in [0.5, 0.6) is 0 Å². The molecule has 0 amide bonds. The molecule has 6 heteroatoms. The first-order valence-electron chi connectivity index (χ1n) is 5.10. The standard InChI is InChI=1S/C11H12Cl2N4/c1-7-4-14-11(15-5-7)16-6-8-3-9(12)10(13)17(8)2/h3-5H,6H2,1-2H3,(H,14,15,16). The number of hydrogen-bond donors (Lipinski definition) is 1. The second-order valence-electron chi connectivity index (χ2n) is 3.77. The van der Waals surface area contributed by atoms with Crippen molar-refractivity contribution >= 4 is 29.2 Å². The number of nitrogens with zero attached hydrogens (tertiary/aromatic N) is 3. The summed E-state index contributed by atoms with van der Waals surface area (Å²) in [5, 5.41) is 4.20. The summed E-state index contributed by atoms with van der Waals surface area (Å²) in [6, 6.07) is 1.82. The Morgan fingerprint density at radius 2 is 1.94 bits per heavy atom. The van der Waals surface area contributed by atoms with E-state index in [1.807, 2.05) is 24.6 Å². The lowest BCUT2D eigenvalue weighted by molar-refractivity contribution is 0.837. The lowest BCUT2D eigenvalue weighted by atomic mass is 10.4. The molecular weight excluding hydrogens is 259 g/mol. The van der Waals surface area contributed by atoms with E-state index in [9.17, 15) is 0 Å². The molecule has 17 heavy (non-hydrogen) atoms. The normalized spacial score (nSPS) is 10.6. The minimum absolute atomic E-state index is 0.535. The summed E-state index contributed by atoms with van der Waals surface area (Å²) in [5.74, 6) is 0.587. The van der Waals surface area contributed by atoms with Gasteiger partial charge >= 0.3 is 0 Å². The van der Waals surface area contributed by atoms with E-state index >= 15 is 0 Å². The van der Waals surface area contributed by atoms with Crippen LogP contribution in [0.4, 0.5) is 5.95 Å². The quantitative estimate of drug-likeness (QED) is 0.933. The fourth-order valence-corrected chi connectivity index (χ4v) is 1.83. The van der Waals surface area contributed by atoms with E-state index < -0.39 is 0 Å². The minimum Gasteiger partial charge on any atom is -0.349 e. The van der Waals surface area contributed by atoms with E-state index in [1.165, 1.54) is 0 Å². The molecule has 90 valence electrons. The van der Waals surface area contributed by atoms with Gasteiger partial charge < -0.3 is 9.88 Å². The highest BCUT2D eigenvalue weighted by molar-refractivity contribution is 6.41. The number of nitrogens with one attached hydrogen (secondary N) is 1. The molecule has 2 aromatic heterocycles. The third-order valence-corrected chi connectivity index (χ3v) is 3.27. The van der Waals surface area contributed by atoms with Crippen LogP contribution in [0.1, 0.15) is 11.3 Å². The Kier molecular flexibility index (Phi) is 3.54. The van der Waals surface area contributed by atoms with Crippen LogP contribution in [0, 0.1) is 6.92 Å². The summed E-state index contributed by atoms with van der Waals surface area (Å²) in [7, 11) is 1.86. The number of aromatic nitrogens is 3. The van der Waals surface area contributed by atoms with E-state index in [1.54, 1.807) is 12.4 Å². The Hall–Kier alpha value is -1.26. The van der Waals surface area contributed by atoms with Crippen molar-refractivity contribution in [2.75, 3.05) is 5.32 Å². The van der Waals surface area contributed by atoms with Crippen molar-refractivity contribution in [3.8, 4) is 0 Å². The van der Waals surface area contributed by atoms with Gasteiger partial charge in [-0.25, -0.2) is 9.97 Å². The largest absolute Gasteiger partial charge is 0.349 e. The first kappa shape index (κ1) is 12.2. The van der Waals surface area contributed by atoms with Crippen LogP contribution in [0.25, 0.3) is 0 Å². The molecule has 2 heterocycles. The molecule has 4 nitrogen and oxygen atoms in total. The van der Waals surface area contributed by atoms with Crippen molar-refractivity contribution in [2.24, 2.45) is 7.05 Å². The maximum absolute atomic E-state index is 5.97. The van der Waals surface area contributed by atoms with Crippen LogP contribution < -0.4 is 5.32 Å². The molecule has 1 N–H and O–H groups in total. The molecule has 0 saturated carbocycles. The Bertz CT molecular complexity index is 519. The average Bonchev–Trinajstić information content (AvgIpc) is 2.56. The second kappa shape index (κ2) is 4.94. The zero-order valence-corrected chi connectivity index (χ0v) is 11.0. The molecule has 0 aliphatic carbocycles. The van der Waals surface area contributed by atoms with Gasteiger partial charge in [0.05, 0.1) is 11.6 Å². The van der Waals surface area contributed by atoms with Crippen molar-refractivity contribution < 1.29 is 0 Å². The Morgan fingerprint density at radius 3 is 2.47 bits per heavy atom. The topological polar surface area (TPSA) is 42.7 Å². The molecule has 0 spiro atoms. The number of rotatable bonds is 3. The maximum atomic E-state index is 5.97. The van der Waals surface area contributed by atoms with Gasteiger partial charge in [-0.15, -0.1) is 0 Å². The van der Waals surface area contributed by atoms with Gasteiger partial charge in [0.2, 0.25) is 5.95 Å². The van der Waals surface area contributed by atoms with Crippen molar-refractivity contribution in [2.45, 2.75) is 13.5 Å². The molecule has 2 aromatic rings. The van der Waals surface area contributed by atoms with Gasteiger partial charge in [-0.2, -0.15) is 0 Å². The van der Waals surface area contributed by atoms with Gasteiger partial charge in [0, 0.05) is 25.1 Å². The molecule has 0 radical (unpaired) electrons. The fraction of sp³-hybridized carbons (Fsp3) is 0.273. The Morgan fingerprint density at radius 1 is 1.29 bits per heavy atom. The lowest BCUT2D eigenvalue weighted by Gasteiger charge is -2.06. The van der Waals surface area contributed by atoms with Crippen molar-refractivity contribution in [3.63, 3.8) is 0 Å². The average molecular weight is 271 g/mol. The van der Waals surface area contributed by atoms with E-state index in [0.29, 0.717) is 22.7 Å². The molecule has 0 aromatic carbocycles. The summed E-state index contributed by atoms with van der Waals surface area (Å²) in [5.41, 5.74) is 2.00. The van der Waals surface area contributed by atoms with Gasteiger partial charge in [-0.05, 0) is 18.6 Å². The molecule has 0 bridgehead atoms. The number of halogens is 2. The van der Waals surface area contributed by atoms with Gasteiger partial charge in [0.1, 0.15) is 5.15 Å². The highest BCUT2D eigenvalue weighted by atomic mass is 35.5. The smallest absolute Gasteiger partial charge is 0.222 e. The van der Waals surface area contributed by atoms with Gasteiger partial charge in [0.15, 0.2) is 0 Å². The molecule has 0 unspecified atom stereocenters. The SMILES string of the molecule is Cc1cnc(NCc2cc(Cl)c(Cl)n2C)nc1. The zero-order chi connectivity index (χ0) is 12.4. The molecular formula is C11H12Cl2N4. The Labute approximate surface area is 110 Å². The maximum Gasteiger partial charge on any atom is 0.222 e. The fourth-order valence-electron chi connectivity index (χ4n) is 1.41. The summed E-state index contributed by atoms with van der Waals surface area (Å²) < 4.78 is 1.82. The highest BCUT2D eigenvalue weighted by Gasteiger charge is 2.08. The molecule has 0 aliphatic heterocycles. The van der Waals surface area contributed by atoms with Crippen LogP contribution in [0.15, 0.2) is 18.5 Å². The highest BCUT2D eigenvalue weighted by Crippen LogP contribution is 2.25. The van der Waals surface area contributed by atoms with E-state index in [4.69, 9.17) is 23.2 Å². The van der Waals surface area contributed by atoms with Crippen molar-refractivity contribution in [1.29, 1.82) is 0 Å². The Balaban J connectivity index is 2.07. The van der Waals surface area contributed by atoms with E-state index in [0.717, 1.165) is 11.3 Å². The van der Waals surface area contributed by atoms with Crippen LogP contribution in [-0.2, 0) is 13.6 Å². The van der Waals surface area contributed by atoms with Crippen molar-refractivity contribution in [3.05, 3.63) is 39.9 Å². The van der Waals surface area contributed by atoms with E-state index in [-0.39, 0.29) is 0 Å². The lowest BCUT2D eigenvalue weighted by Crippen LogP contribution is -2.07. The summed E-state index contributed by atoms with van der Waals surface area (Å²) in [6.07, 6.45) is 3.53. The van der Waals surface area contributed by atoms with Crippen LogP contribution >= 0.6 is 23.2 Å².